The van der Waals surface area contributed by atoms with Crippen LogP contribution in [0, 0.1) is 11.3 Å². The van der Waals surface area contributed by atoms with E-state index in [1.807, 2.05) is 49.6 Å². The fraction of sp³-hybridized carbons (Fsp3) is 0.360. The Kier molecular flexibility index (Phi) is 5.93. The van der Waals surface area contributed by atoms with Gasteiger partial charge in [-0.15, -0.1) is 0 Å². The molecular weight excluding hydrogens is 418 g/mol. The molecule has 1 aliphatic rings. The van der Waals surface area contributed by atoms with E-state index in [4.69, 9.17) is 15.9 Å². The molecule has 3 N–H and O–H groups in total. The highest BCUT2D eigenvalue weighted by Gasteiger charge is 2.31. The first-order chi connectivity index (χ1) is 15.6. The van der Waals surface area contributed by atoms with Gasteiger partial charge >= 0.3 is 5.97 Å². The van der Waals surface area contributed by atoms with Crippen LogP contribution in [0.25, 0.3) is 16.9 Å². The second-order valence-corrected chi connectivity index (χ2v) is 9.40. The summed E-state index contributed by atoms with van der Waals surface area (Å²) in [5, 5.41) is 7.51. The van der Waals surface area contributed by atoms with Gasteiger partial charge in [0.15, 0.2) is 0 Å². The maximum absolute atomic E-state index is 13.1. The average Bonchev–Trinajstić information content (AvgIpc) is 3.21. The van der Waals surface area contributed by atoms with Gasteiger partial charge in [0, 0.05) is 36.6 Å². The average molecular weight is 448 g/mol. The zero-order valence-corrected chi connectivity index (χ0v) is 19.2. The number of carbonyl (C=O) groups is 2. The standard InChI is InChI=1S/C25H29N5O3/c1-25(2,3)33-24(32)18-10-12-29(13-11-18)23(31)19-8-9-21-28-20(15-30(21)14-19)16-4-6-17(7-5-16)22(26)27/h4-9,14-15,18H,10-13H2,1-3H3,(H3,26,27). The summed E-state index contributed by atoms with van der Waals surface area (Å²) < 4.78 is 7.34. The SMILES string of the molecule is CC(C)(C)OC(=O)C1CCN(C(=O)c2ccc3nc(-c4ccc(C(=N)N)cc4)cn3c2)CC1. The van der Waals surface area contributed by atoms with Crippen molar-refractivity contribution >= 4 is 23.4 Å². The van der Waals surface area contributed by atoms with Crippen molar-refractivity contribution in [3.63, 3.8) is 0 Å². The minimum Gasteiger partial charge on any atom is -0.460 e. The molecule has 0 bridgehead atoms. The second kappa shape index (κ2) is 8.69. The minimum absolute atomic E-state index is 0.0230. The molecule has 3 heterocycles. The first kappa shape index (κ1) is 22.5. The number of nitrogens with zero attached hydrogens (tertiary/aromatic N) is 3. The smallest absolute Gasteiger partial charge is 0.309 e. The Hall–Kier alpha value is -3.68. The van der Waals surface area contributed by atoms with Gasteiger partial charge < -0.3 is 19.8 Å². The lowest BCUT2D eigenvalue weighted by Gasteiger charge is -2.32. The fourth-order valence-corrected chi connectivity index (χ4v) is 3.96. The second-order valence-electron chi connectivity index (χ2n) is 9.40. The van der Waals surface area contributed by atoms with Crippen molar-refractivity contribution in [1.82, 2.24) is 14.3 Å². The third-order valence-corrected chi connectivity index (χ3v) is 5.71. The van der Waals surface area contributed by atoms with Crippen LogP contribution in [0.1, 0.15) is 49.5 Å². The van der Waals surface area contributed by atoms with Gasteiger partial charge in [-0.3, -0.25) is 15.0 Å². The van der Waals surface area contributed by atoms with Gasteiger partial charge in [-0.2, -0.15) is 0 Å². The number of benzene rings is 1. The molecular formula is C25H29N5O3. The fourth-order valence-electron chi connectivity index (χ4n) is 3.96. The summed E-state index contributed by atoms with van der Waals surface area (Å²) in [7, 11) is 0. The van der Waals surface area contributed by atoms with Crippen molar-refractivity contribution in [1.29, 1.82) is 5.41 Å². The molecule has 2 aromatic heterocycles. The van der Waals surface area contributed by atoms with E-state index in [1.54, 1.807) is 29.3 Å². The summed E-state index contributed by atoms with van der Waals surface area (Å²) in [5.41, 5.74) is 8.67. The lowest BCUT2D eigenvalue weighted by molar-refractivity contribution is -0.161. The van der Waals surface area contributed by atoms with Gasteiger partial charge in [-0.1, -0.05) is 24.3 Å². The molecule has 3 aromatic rings. The number of nitrogens with two attached hydrogens (primary N) is 1. The number of esters is 1. The van der Waals surface area contributed by atoms with Crippen LogP contribution in [0.5, 0.6) is 0 Å². The van der Waals surface area contributed by atoms with Crippen molar-refractivity contribution < 1.29 is 14.3 Å². The third kappa shape index (κ3) is 5.05. The van der Waals surface area contributed by atoms with Crippen molar-refractivity contribution in [2.24, 2.45) is 11.7 Å². The molecule has 1 aromatic carbocycles. The van der Waals surface area contributed by atoms with E-state index >= 15 is 0 Å². The van der Waals surface area contributed by atoms with Gasteiger partial charge in [-0.05, 0) is 45.7 Å². The van der Waals surface area contributed by atoms with Crippen LogP contribution in [-0.4, -0.2) is 50.7 Å². The maximum Gasteiger partial charge on any atom is 0.309 e. The molecule has 1 aliphatic heterocycles. The largest absolute Gasteiger partial charge is 0.460 e. The molecule has 33 heavy (non-hydrogen) atoms. The number of likely N-dealkylation sites (tertiary alicyclic amines) is 1. The number of aromatic nitrogens is 2. The number of hydrogen-bond donors (Lipinski definition) is 2. The number of amidine groups is 1. The number of piperidine rings is 1. The first-order valence-corrected chi connectivity index (χ1v) is 11.1. The van der Waals surface area contributed by atoms with Crippen LogP contribution in [0.15, 0.2) is 48.8 Å². The Bertz CT molecular complexity index is 1200. The summed E-state index contributed by atoms with van der Waals surface area (Å²) in [6, 6.07) is 10.9. The summed E-state index contributed by atoms with van der Waals surface area (Å²) in [5.74, 6) is -0.380. The van der Waals surface area contributed by atoms with Crippen molar-refractivity contribution in [3.05, 3.63) is 59.9 Å². The van der Waals surface area contributed by atoms with E-state index in [0.717, 1.165) is 16.9 Å². The van der Waals surface area contributed by atoms with Crippen LogP contribution < -0.4 is 5.73 Å². The number of hydrogen-bond acceptors (Lipinski definition) is 5. The molecule has 1 fully saturated rings. The number of amides is 1. The highest BCUT2D eigenvalue weighted by atomic mass is 16.6. The minimum atomic E-state index is -0.501. The maximum atomic E-state index is 13.1. The molecule has 8 nitrogen and oxygen atoms in total. The lowest BCUT2D eigenvalue weighted by Crippen LogP contribution is -2.41. The predicted octanol–water partition coefficient (Wildman–Crippen LogP) is 3.48. The highest BCUT2D eigenvalue weighted by molar-refractivity contribution is 5.95. The molecule has 8 heteroatoms. The van der Waals surface area contributed by atoms with Crippen LogP contribution in [-0.2, 0) is 9.53 Å². The normalized spacial score (nSPS) is 14.9. The Labute approximate surface area is 192 Å². The Balaban J connectivity index is 1.45. The van der Waals surface area contributed by atoms with Crippen molar-refractivity contribution in [2.75, 3.05) is 13.1 Å². The van der Waals surface area contributed by atoms with Crippen molar-refractivity contribution in [3.8, 4) is 11.3 Å². The topological polar surface area (TPSA) is 114 Å². The van der Waals surface area contributed by atoms with Crippen LogP contribution >= 0.6 is 0 Å². The lowest BCUT2D eigenvalue weighted by atomic mass is 9.96. The number of fused-ring (bicyclic) bond motifs is 1. The molecule has 0 radical (unpaired) electrons. The quantitative estimate of drug-likeness (QED) is 0.361. The van der Waals surface area contributed by atoms with E-state index in [9.17, 15) is 9.59 Å². The predicted molar refractivity (Wildman–Crippen MR) is 126 cm³/mol. The van der Waals surface area contributed by atoms with Gasteiger partial charge in [-0.25, -0.2) is 4.98 Å². The molecule has 0 unspecified atom stereocenters. The van der Waals surface area contributed by atoms with Gasteiger partial charge in [0.2, 0.25) is 0 Å². The number of carbonyl (C=O) groups excluding carboxylic acids is 2. The monoisotopic (exact) mass is 447 g/mol. The zero-order valence-electron chi connectivity index (χ0n) is 19.2. The molecule has 4 rings (SSSR count). The van der Waals surface area contributed by atoms with E-state index in [-0.39, 0.29) is 23.6 Å². The summed E-state index contributed by atoms with van der Waals surface area (Å²) in [6.45, 7) is 6.64. The molecule has 1 saturated heterocycles. The number of nitrogens with one attached hydrogen (secondary N) is 1. The van der Waals surface area contributed by atoms with Gasteiger partial charge in [0.25, 0.3) is 5.91 Å². The number of nitrogen functional groups attached to an aromatic ring is 1. The number of pyridine rings is 1. The van der Waals surface area contributed by atoms with Crippen LogP contribution in [0.2, 0.25) is 0 Å². The first-order valence-electron chi connectivity index (χ1n) is 11.1. The summed E-state index contributed by atoms with van der Waals surface area (Å²) >= 11 is 0. The number of ether oxygens (including phenoxy) is 1. The molecule has 172 valence electrons. The summed E-state index contributed by atoms with van der Waals surface area (Å²) in [4.78, 5) is 31.8. The van der Waals surface area contributed by atoms with Crippen LogP contribution in [0.4, 0.5) is 0 Å². The zero-order chi connectivity index (χ0) is 23.8. The number of rotatable bonds is 4. The van der Waals surface area contributed by atoms with Gasteiger partial charge in [0.1, 0.15) is 17.1 Å². The molecule has 0 aliphatic carbocycles. The highest BCUT2D eigenvalue weighted by Crippen LogP contribution is 2.24. The van der Waals surface area contributed by atoms with E-state index in [0.29, 0.717) is 37.1 Å². The Morgan fingerprint density at radius 2 is 1.67 bits per heavy atom. The Morgan fingerprint density at radius 1 is 1.03 bits per heavy atom. The molecule has 0 atom stereocenters. The van der Waals surface area contributed by atoms with Crippen LogP contribution in [0.3, 0.4) is 0 Å². The molecule has 0 spiro atoms. The molecule has 1 amide bonds. The molecule has 0 saturated carbocycles. The number of imidazole rings is 1. The van der Waals surface area contributed by atoms with Crippen molar-refractivity contribution in [2.45, 2.75) is 39.2 Å². The van der Waals surface area contributed by atoms with E-state index in [1.165, 1.54) is 0 Å². The third-order valence-electron chi connectivity index (χ3n) is 5.71. The summed E-state index contributed by atoms with van der Waals surface area (Å²) in [6.07, 6.45) is 4.88. The van der Waals surface area contributed by atoms with Gasteiger partial charge in [0.05, 0.1) is 17.2 Å². The van der Waals surface area contributed by atoms with E-state index in [2.05, 4.69) is 4.98 Å². The Morgan fingerprint density at radius 3 is 2.27 bits per heavy atom. The van der Waals surface area contributed by atoms with E-state index < -0.39 is 5.60 Å².